The summed E-state index contributed by atoms with van der Waals surface area (Å²) < 4.78 is 0. The van der Waals surface area contributed by atoms with Gasteiger partial charge < -0.3 is 0 Å². The average molecular weight is 265 g/mol. The SMILES string of the molecule is N#CC(C#N)=C(c1ccccc1)c1ccc(Cl)cc1. The van der Waals surface area contributed by atoms with Crippen LogP contribution >= 0.6 is 11.6 Å². The molecule has 0 aliphatic carbocycles. The lowest BCUT2D eigenvalue weighted by atomic mass is 9.94. The topological polar surface area (TPSA) is 47.6 Å². The number of hydrogen-bond acceptors (Lipinski definition) is 2. The molecule has 0 aliphatic rings. The molecule has 2 aromatic rings. The molecule has 0 radical (unpaired) electrons. The Hall–Kier alpha value is -2.55. The molecule has 0 atom stereocenters. The number of rotatable bonds is 2. The zero-order chi connectivity index (χ0) is 13.7. The molecule has 0 fully saturated rings. The Morgan fingerprint density at radius 1 is 0.789 bits per heavy atom. The summed E-state index contributed by atoms with van der Waals surface area (Å²) in [5, 5.41) is 18.9. The van der Waals surface area contributed by atoms with Crippen molar-refractivity contribution >= 4 is 17.2 Å². The normalized spacial score (nSPS) is 9.21. The first-order valence-corrected chi connectivity index (χ1v) is 6.00. The van der Waals surface area contributed by atoms with E-state index in [4.69, 9.17) is 22.1 Å². The smallest absolute Gasteiger partial charge is 0.138 e. The van der Waals surface area contributed by atoms with Crippen LogP contribution in [0.3, 0.4) is 0 Å². The number of halogens is 1. The van der Waals surface area contributed by atoms with Gasteiger partial charge in [0.05, 0.1) is 0 Å². The molecule has 0 aromatic heterocycles. The van der Waals surface area contributed by atoms with E-state index in [1.54, 1.807) is 24.3 Å². The number of nitriles is 2. The predicted molar refractivity (Wildman–Crippen MR) is 75.1 cm³/mol. The molecule has 0 spiro atoms. The van der Waals surface area contributed by atoms with Gasteiger partial charge in [0.15, 0.2) is 0 Å². The first-order valence-electron chi connectivity index (χ1n) is 5.62. The van der Waals surface area contributed by atoms with Gasteiger partial charge in [0.2, 0.25) is 0 Å². The second-order valence-electron chi connectivity index (χ2n) is 3.85. The monoisotopic (exact) mass is 264 g/mol. The van der Waals surface area contributed by atoms with Gasteiger partial charge in [-0.3, -0.25) is 0 Å². The summed E-state index contributed by atoms with van der Waals surface area (Å²) in [5.41, 5.74) is 2.35. The fourth-order valence-electron chi connectivity index (χ4n) is 1.81. The Labute approximate surface area is 116 Å². The van der Waals surface area contributed by atoms with E-state index in [0.29, 0.717) is 10.6 Å². The third-order valence-electron chi connectivity index (χ3n) is 2.67. The van der Waals surface area contributed by atoms with E-state index in [9.17, 15) is 0 Å². The van der Waals surface area contributed by atoms with E-state index >= 15 is 0 Å². The average Bonchev–Trinajstić information content (AvgIpc) is 2.47. The molecule has 0 unspecified atom stereocenters. The number of hydrogen-bond donors (Lipinski definition) is 0. The van der Waals surface area contributed by atoms with Gasteiger partial charge in [-0.2, -0.15) is 10.5 Å². The molecule has 19 heavy (non-hydrogen) atoms. The highest BCUT2D eigenvalue weighted by Crippen LogP contribution is 2.27. The van der Waals surface area contributed by atoms with E-state index in [1.165, 1.54) is 0 Å². The van der Waals surface area contributed by atoms with E-state index in [0.717, 1.165) is 11.1 Å². The maximum atomic E-state index is 9.12. The highest BCUT2D eigenvalue weighted by molar-refractivity contribution is 6.30. The van der Waals surface area contributed by atoms with Crippen LogP contribution in [-0.4, -0.2) is 0 Å². The van der Waals surface area contributed by atoms with Crippen molar-refractivity contribution in [3.63, 3.8) is 0 Å². The standard InChI is InChI=1S/C16H9ClN2/c17-15-8-6-13(7-9-15)16(14(10-18)11-19)12-4-2-1-3-5-12/h1-9H. The second kappa shape index (κ2) is 5.87. The molecular weight excluding hydrogens is 256 g/mol. The van der Waals surface area contributed by atoms with E-state index < -0.39 is 0 Å². The van der Waals surface area contributed by atoms with Crippen LogP contribution in [0, 0.1) is 22.7 Å². The van der Waals surface area contributed by atoms with Crippen LogP contribution in [0.4, 0.5) is 0 Å². The minimum atomic E-state index is 0.0912. The molecule has 0 bridgehead atoms. The van der Waals surface area contributed by atoms with Crippen molar-refractivity contribution in [1.82, 2.24) is 0 Å². The number of nitrogens with zero attached hydrogens (tertiary/aromatic N) is 2. The van der Waals surface area contributed by atoms with Crippen molar-refractivity contribution in [3.05, 3.63) is 76.3 Å². The van der Waals surface area contributed by atoms with Crippen molar-refractivity contribution < 1.29 is 0 Å². The van der Waals surface area contributed by atoms with Crippen molar-refractivity contribution in [2.75, 3.05) is 0 Å². The maximum Gasteiger partial charge on any atom is 0.138 e. The van der Waals surface area contributed by atoms with Gasteiger partial charge in [-0.25, -0.2) is 0 Å². The van der Waals surface area contributed by atoms with Gasteiger partial charge in [-0.15, -0.1) is 0 Å². The van der Waals surface area contributed by atoms with Crippen LogP contribution in [0.25, 0.3) is 5.57 Å². The predicted octanol–water partition coefficient (Wildman–Crippen LogP) is 4.19. The Morgan fingerprint density at radius 2 is 1.32 bits per heavy atom. The van der Waals surface area contributed by atoms with Gasteiger partial charge in [0.1, 0.15) is 17.7 Å². The molecule has 0 amide bonds. The van der Waals surface area contributed by atoms with E-state index in [1.807, 2.05) is 42.5 Å². The third kappa shape index (κ3) is 2.83. The Bertz CT molecular complexity index is 670. The summed E-state index contributed by atoms with van der Waals surface area (Å²) in [6.45, 7) is 0. The summed E-state index contributed by atoms with van der Waals surface area (Å²) in [6.07, 6.45) is 0. The summed E-state index contributed by atoms with van der Waals surface area (Å²) in [4.78, 5) is 0. The summed E-state index contributed by atoms with van der Waals surface area (Å²) in [5.74, 6) is 0. The fourth-order valence-corrected chi connectivity index (χ4v) is 1.94. The zero-order valence-corrected chi connectivity index (χ0v) is 10.7. The van der Waals surface area contributed by atoms with Crippen LogP contribution in [0.15, 0.2) is 60.2 Å². The van der Waals surface area contributed by atoms with E-state index in [2.05, 4.69) is 0 Å². The molecule has 2 aromatic carbocycles. The summed E-state index contributed by atoms with van der Waals surface area (Å²) in [6, 6.07) is 20.4. The second-order valence-corrected chi connectivity index (χ2v) is 4.28. The fraction of sp³-hybridized carbons (Fsp3) is 0. The Morgan fingerprint density at radius 3 is 1.84 bits per heavy atom. The molecule has 2 rings (SSSR count). The van der Waals surface area contributed by atoms with Crippen LogP contribution in [-0.2, 0) is 0 Å². The zero-order valence-electron chi connectivity index (χ0n) is 9.97. The highest BCUT2D eigenvalue weighted by atomic mass is 35.5. The molecule has 0 N–H and O–H groups in total. The minimum Gasteiger partial charge on any atom is -0.192 e. The van der Waals surface area contributed by atoms with Gasteiger partial charge in [0.25, 0.3) is 0 Å². The van der Waals surface area contributed by atoms with Gasteiger partial charge >= 0.3 is 0 Å². The van der Waals surface area contributed by atoms with Gasteiger partial charge in [-0.05, 0) is 23.3 Å². The molecule has 0 heterocycles. The summed E-state index contributed by atoms with van der Waals surface area (Å²) >= 11 is 5.86. The lowest BCUT2D eigenvalue weighted by Crippen LogP contribution is -1.92. The lowest BCUT2D eigenvalue weighted by Gasteiger charge is -2.08. The largest absolute Gasteiger partial charge is 0.192 e. The first kappa shape index (κ1) is 12.9. The van der Waals surface area contributed by atoms with Gasteiger partial charge in [-0.1, -0.05) is 54.1 Å². The molecular formula is C16H9ClN2. The molecule has 0 saturated heterocycles. The maximum absolute atomic E-state index is 9.12. The molecule has 0 aliphatic heterocycles. The van der Waals surface area contributed by atoms with Crippen LogP contribution in [0.5, 0.6) is 0 Å². The minimum absolute atomic E-state index is 0.0912. The summed E-state index contributed by atoms with van der Waals surface area (Å²) in [7, 11) is 0. The van der Waals surface area contributed by atoms with Crippen molar-refractivity contribution in [3.8, 4) is 12.1 Å². The molecule has 0 saturated carbocycles. The quantitative estimate of drug-likeness (QED) is 0.764. The molecule has 3 heteroatoms. The molecule has 90 valence electrons. The van der Waals surface area contributed by atoms with Crippen LogP contribution < -0.4 is 0 Å². The first-order chi connectivity index (χ1) is 9.26. The van der Waals surface area contributed by atoms with E-state index in [-0.39, 0.29) is 5.57 Å². The number of benzene rings is 2. The van der Waals surface area contributed by atoms with Crippen molar-refractivity contribution in [1.29, 1.82) is 10.5 Å². The van der Waals surface area contributed by atoms with Crippen LogP contribution in [0.2, 0.25) is 5.02 Å². The lowest BCUT2D eigenvalue weighted by molar-refractivity contribution is 1.44. The van der Waals surface area contributed by atoms with Gasteiger partial charge in [0, 0.05) is 10.6 Å². The van der Waals surface area contributed by atoms with Crippen molar-refractivity contribution in [2.24, 2.45) is 0 Å². The Kier molecular flexibility index (Phi) is 3.98. The molecule has 2 nitrogen and oxygen atoms in total. The van der Waals surface area contributed by atoms with Crippen LogP contribution in [0.1, 0.15) is 11.1 Å². The van der Waals surface area contributed by atoms with Crippen molar-refractivity contribution in [2.45, 2.75) is 0 Å². The highest BCUT2D eigenvalue weighted by Gasteiger charge is 2.11. The number of allylic oxidation sites excluding steroid dienone is 1. The Balaban J connectivity index is 2.68. The third-order valence-corrected chi connectivity index (χ3v) is 2.92.